The number of hydrogen-bond acceptors (Lipinski definition) is 4. The highest BCUT2D eigenvalue weighted by molar-refractivity contribution is 7.77. The van der Waals surface area contributed by atoms with E-state index in [-0.39, 0.29) is 6.04 Å². The standard InChI is InChI=1S/C10H13N3.CH2S/c11-5-9-7-3-1-2-4-8(7)10(6-12)13-9;1-2/h1-5,10,13H,6,11-12H2;1H2/b9-5-;. The molecule has 0 aromatic heterocycles. The molecule has 1 aliphatic heterocycles. The Morgan fingerprint density at radius 3 is 2.67 bits per heavy atom. The Labute approximate surface area is 95.2 Å². The van der Waals surface area contributed by atoms with E-state index in [1.165, 1.54) is 11.1 Å². The molecular weight excluding hydrogens is 206 g/mol. The van der Waals surface area contributed by atoms with Gasteiger partial charge in [-0.3, -0.25) is 0 Å². The van der Waals surface area contributed by atoms with Gasteiger partial charge in [0.15, 0.2) is 0 Å². The first kappa shape index (κ1) is 11.7. The second-order valence-electron chi connectivity index (χ2n) is 3.10. The van der Waals surface area contributed by atoms with Crippen molar-refractivity contribution in [3.8, 4) is 0 Å². The Balaban J connectivity index is 0.000000531. The predicted octanol–water partition coefficient (Wildman–Crippen LogP) is 1.16. The fourth-order valence-corrected chi connectivity index (χ4v) is 1.71. The van der Waals surface area contributed by atoms with E-state index in [1.807, 2.05) is 12.1 Å². The predicted molar refractivity (Wildman–Crippen MR) is 68.2 cm³/mol. The van der Waals surface area contributed by atoms with Crippen LogP contribution in [0.3, 0.4) is 0 Å². The van der Waals surface area contributed by atoms with E-state index >= 15 is 0 Å². The summed E-state index contributed by atoms with van der Waals surface area (Å²) in [5.74, 6) is 2.83. The van der Waals surface area contributed by atoms with Gasteiger partial charge in [-0.05, 0) is 11.4 Å². The van der Waals surface area contributed by atoms with Crippen LogP contribution in [0.2, 0.25) is 0 Å². The Kier molecular flexibility index (Phi) is 4.27. The molecule has 0 saturated heterocycles. The molecule has 1 aromatic carbocycles. The first-order valence-electron chi connectivity index (χ1n) is 4.63. The van der Waals surface area contributed by atoms with Crippen molar-refractivity contribution < 1.29 is 0 Å². The molecule has 1 atom stereocenters. The van der Waals surface area contributed by atoms with Gasteiger partial charge in [-0.2, -0.15) is 0 Å². The van der Waals surface area contributed by atoms with Crippen molar-refractivity contribution in [2.45, 2.75) is 6.04 Å². The van der Waals surface area contributed by atoms with Gasteiger partial charge in [0.25, 0.3) is 0 Å². The van der Waals surface area contributed by atoms with Crippen LogP contribution in [0.15, 0.2) is 30.5 Å². The maximum atomic E-state index is 5.64. The molecule has 4 heteroatoms. The molecule has 0 spiro atoms. The number of rotatable bonds is 1. The summed E-state index contributed by atoms with van der Waals surface area (Å²) >= 11 is 3.83. The minimum absolute atomic E-state index is 0.214. The van der Waals surface area contributed by atoms with Gasteiger partial charge in [0.2, 0.25) is 0 Å². The lowest BCUT2D eigenvalue weighted by Crippen LogP contribution is -2.21. The van der Waals surface area contributed by atoms with Crippen LogP contribution in [-0.4, -0.2) is 12.4 Å². The molecule has 1 unspecified atom stereocenters. The van der Waals surface area contributed by atoms with Crippen molar-refractivity contribution >= 4 is 23.8 Å². The molecule has 0 saturated carbocycles. The molecule has 0 bridgehead atoms. The van der Waals surface area contributed by atoms with Crippen LogP contribution in [0, 0.1) is 0 Å². The van der Waals surface area contributed by atoms with Gasteiger partial charge >= 0.3 is 0 Å². The third kappa shape index (κ3) is 2.16. The van der Waals surface area contributed by atoms with Crippen molar-refractivity contribution in [1.29, 1.82) is 0 Å². The monoisotopic (exact) mass is 221 g/mol. The first-order valence-corrected chi connectivity index (χ1v) is 5.21. The van der Waals surface area contributed by atoms with E-state index in [4.69, 9.17) is 11.5 Å². The zero-order chi connectivity index (χ0) is 11.3. The molecule has 0 aliphatic carbocycles. The average molecular weight is 221 g/mol. The van der Waals surface area contributed by atoms with Gasteiger partial charge in [-0.1, -0.05) is 36.5 Å². The summed E-state index contributed by atoms with van der Waals surface area (Å²) in [4.78, 5) is 0. The van der Waals surface area contributed by atoms with Crippen LogP contribution in [0.25, 0.3) is 5.70 Å². The molecule has 1 aliphatic rings. The van der Waals surface area contributed by atoms with E-state index in [0.29, 0.717) is 6.54 Å². The minimum Gasteiger partial charge on any atom is -0.403 e. The third-order valence-electron chi connectivity index (χ3n) is 2.36. The van der Waals surface area contributed by atoms with Crippen molar-refractivity contribution in [3.63, 3.8) is 0 Å². The van der Waals surface area contributed by atoms with Gasteiger partial charge in [-0.25, -0.2) is 0 Å². The molecule has 3 nitrogen and oxygen atoms in total. The van der Waals surface area contributed by atoms with Gasteiger partial charge in [0, 0.05) is 18.3 Å². The number of benzene rings is 1. The summed E-state index contributed by atoms with van der Waals surface area (Å²) in [5, 5.41) is 3.27. The Hall–Kier alpha value is -1.39. The quantitative estimate of drug-likeness (QED) is 0.623. The van der Waals surface area contributed by atoms with Crippen LogP contribution in [0.1, 0.15) is 17.2 Å². The van der Waals surface area contributed by atoms with Crippen molar-refractivity contribution in [2.24, 2.45) is 11.5 Å². The van der Waals surface area contributed by atoms with Gasteiger partial charge in [-0.15, -0.1) is 0 Å². The Morgan fingerprint density at radius 2 is 2.07 bits per heavy atom. The molecule has 1 aromatic rings. The second kappa shape index (κ2) is 5.48. The number of nitrogens with two attached hydrogens (primary N) is 2. The topological polar surface area (TPSA) is 64.1 Å². The van der Waals surface area contributed by atoms with E-state index in [2.05, 4.69) is 35.5 Å². The minimum atomic E-state index is 0.214. The lowest BCUT2D eigenvalue weighted by molar-refractivity contribution is 0.673. The summed E-state index contributed by atoms with van der Waals surface area (Å²) in [6, 6.07) is 8.37. The molecule has 15 heavy (non-hydrogen) atoms. The van der Waals surface area contributed by atoms with E-state index in [0.717, 1.165) is 5.70 Å². The summed E-state index contributed by atoms with van der Waals surface area (Å²) in [7, 11) is 0. The number of nitrogens with one attached hydrogen (secondary N) is 1. The van der Waals surface area contributed by atoms with Crippen LogP contribution in [0.4, 0.5) is 0 Å². The number of fused-ring (bicyclic) bond motifs is 1. The maximum Gasteiger partial charge on any atom is 0.0643 e. The van der Waals surface area contributed by atoms with Crippen LogP contribution in [0.5, 0.6) is 0 Å². The summed E-state index contributed by atoms with van der Waals surface area (Å²) in [6.07, 6.45) is 1.59. The smallest absolute Gasteiger partial charge is 0.0643 e. The molecule has 0 amide bonds. The highest BCUT2D eigenvalue weighted by Crippen LogP contribution is 2.30. The van der Waals surface area contributed by atoms with Crippen molar-refractivity contribution in [1.82, 2.24) is 5.32 Å². The number of thiocarbonyl (C=S) groups is 1. The van der Waals surface area contributed by atoms with Gasteiger partial charge in [0.1, 0.15) is 0 Å². The lowest BCUT2D eigenvalue weighted by atomic mass is 10.0. The largest absolute Gasteiger partial charge is 0.403 e. The van der Waals surface area contributed by atoms with Crippen molar-refractivity contribution in [2.75, 3.05) is 6.54 Å². The molecule has 1 heterocycles. The molecule has 0 radical (unpaired) electrons. The fourth-order valence-electron chi connectivity index (χ4n) is 1.71. The first-order chi connectivity index (χ1) is 7.36. The van der Waals surface area contributed by atoms with Gasteiger partial charge < -0.3 is 16.8 Å². The zero-order valence-corrected chi connectivity index (χ0v) is 9.26. The Morgan fingerprint density at radius 1 is 1.40 bits per heavy atom. The fraction of sp³-hybridized carbons (Fsp3) is 0.182. The van der Waals surface area contributed by atoms with Crippen molar-refractivity contribution in [3.05, 3.63) is 41.6 Å². The van der Waals surface area contributed by atoms with Crippen LogP contribution >= 0.6 is 12.2 Å². The maximum absolute atomic E-state index is 5.64. The molecule has 0 fully saturated rings. The molecule has 2 rings (SSSR count). The summed E-state index contributed by atoms with van der Waals surface area (Å²) in [6.45, 7) is 0.592. The molecule has 80 valence electrons. The Bertz CT molecular complexity index is 363. The van der Waals surface area contributed by atoms with Gasteiger partial charge in [0.05, 0.1) is 11.7 Å². The second-order valence-corrected chi connectivity index (χ2v) is 3.10. The zero-order valence-electron chi connectivity index (χ0n) is 8.44. The molecular formula is C11H15N3S. The normalized spacial score (nSPS) is 20.1. The van der Waals surface area contributed by atoms with E-state index in [9.17, 15) is 0 Å². The highest BCUT2D eigenvalue weighted by atomic mass is 32.1. The molecule has 5 N–H and O–H groups in total. The average Bonchev–Trinajstić information content (AvgIpc) is 2.70. The lowest BCUT2D eigenvalue weighted by Gasteiger charge is -2.08. The van der Waals surface area contributed by atoms with Crippen LogP contribution in [-0.2, 0) is 0 Å². The van der Waals surface area contributed by atoms with E-state index in [1.54, 1.807) is 6.20 Å². The van der Waals surface area contributed by atoms with Crippen LogP contribution < -0.4 is 16.8 Å². The SMILES string of the molecule is C=S.N/C=C1\NC(CN)c2ccccc21. The summed E-state index contributed by atoms with van der Waals surface area (Å²) < 4.78 is 0. The summed E-state index contributed by atoms with van der Waals surface area (Å²) in [5.41, 5.74) is 14.5. The highest BCUT2D eigenvalue weighted by Gasteiger charge is 2.23. The third-order valence-corrected chi connectivity index (χ3v) is 2.36. The van der Waals surface area contributed by atoms with E-state index < -0.39 is 0 Å². The number of hydrogen-bond donors (Lipinski definition) is 3.